The van der Waals surface area contributed by atoms with Crippen molar-refractivity contribution in [3.63, 3.8) is 0 Å². The number of aryl methyl sites for hydroxylation is 1. The minimum Gasteiger partial charge on any atom is -0.444 e. The largest absolute Gasteiger partial charge is 0.444 e. The van der Waals surface area contributed by atoms with Crippen molar-refractivity contribution in [1.82, 2.24) is 10.6 Å². The number of amides is 2. The topological polar surface area (TPSA) is 93.5 Å². The van der Waals surface area contributed by atoms with Crippen molar-refractivity contribution < 1.29 is 14.3 Å². The molecule has 1 aromatic carbocycles. The van der Waals surface area contributed by atoms with Gasteiger partial charge in [-0.05, 0) is 51.3 Å². The van der Waals surface area contributed by atoms with Crippen molar-refractivity contribution in [3.8, 4) is 0 Å². The number of nitrogens with two attached hydrogens (primary N) is 1. The first-order valence-electron chi connectivity index (χ1n) is 8.28. The Hall–Kier alpha value is -2.24. The lowest BCUT2D eigenvalue weighted by Gasteiger charge is -2.20. The lowest BCUT2D eigenvalue weighted by molar-refractivity contribution is 0.0523. The first kappa shape index (κ1) is 19.8. The highest BCUT2D eigenvalue weighted by Crippen LogP contribution is 2.20. The van der Waals surface area contributed by atoms with E-state index in [0.29, 0.717) is 17.8 Å². The molecule has 0 unspecified atom stereocenters. The normalized spacial score (nSPS) is 11.0. The van der Waals surface area contributed by atoms with Crippen LogP contribution in [0.5, 0.6) is 0 Å². The summed E-state index contributed by atoms with van der Waals surface area (Å²) < 4.78 is 5.20. The van der Waals surface area contributed by atoms with E-state index in [1.165, 1.54) is 0 Å². The second kappa shape index (κ2) is 8.57. The summed E-state index contributed by atoms with van der Waals surface area (Å²) in [6.45, 7) is 10.2. The molecule has 1 rings (SSSR count). The molecule has 0 aliphatic carbocycles. The molecule has 0 spiro atoms. The van der Waals surface area contributed by atoms with E-state index in [4.69, 9.17) is 10.5 Å². The third-order valence-corrected chi connectivity index (χ3v) is 3.34. The fourth-order valence-electron chi connectivity index (χ4n) is 2.13. The van der Waals surface area contributed by atoms with Gasteiger partial charge in [0.05, 0.1) is 5.56 Å². The molecule has 6 nitrogen and oxygen atoms in total. The molecule has 6 heteroatoms. The molecular weight excluding hydrogens is 306 g/mol. The van der Waals surface area contributed by atoms with Gasteiger partial charge in [0.2, 0.25) is 0 Å². The molecule has 0 aliphatic heterocycles. The minimum atomic E-state index is -0.550. The molecule has 1 aromatic rings. The van der Waals surface area contributed by atoms with E-state index in [0.717, 1.165) is 24.0 Å². The van der Waals surface area contributed by atoms with Gasteiger partial charge in [0.15, 0.2) is 0 Å². The Balaban J connectivity index is 2.79. The summed E-state index contributed by atoms with van der Waals surface area (Å²) >= 11 is 0. The monoisotopic (exact) mass is 335 g/mol. The molecule has 24 heavy (non-hydrogen) atoms. The van der Waals surface area contributed by atoms with Crippen LogP contribution >= 0.6 is 0 Å². The number of benzene rings is 1. The van der Waals surface area contributed by atoms with Crippen LogP contribution < -0.4 is 16.4 Å². The number of nitrogen functional groups attached to an aromatic ring is 1. The zero-order chi connectivity index (χ0) is 18.3. The highest BCUT2D eigenvalue weighted by atomic mass is 16.6. The van der Waals surface area contributed by atoms with Gasteiger partial charge in [0, 0.05) is 18.8 Å². The fourth-order valence-corrected chi connectivity index (χ4v) is 2.13. The first-order valence-corrected chi connectivity index (χ1v) is 8.28. The Labute approximate surface area is 144 Å². The molecular formula is C18H29N3O3. The van der Waals surface area contributed by atoms with Crippen LogP contribution in [0.2, 0.25) is 0 Å². The Morgan fingerprint density at radius 3 is 2.46 bits per heavy atom. The number of hydrogen-bond donors (Lipinski definition) is 3. The number of unbranched alkanes of at least 4 members (excludes halogenated alkanes) is 1. The van der Waals surface area contributed by atoms with Gasteiger partial charge >= 0.3 is 6.09 Å². The predicted molar refractivity (Wildman–Crippen MR) is 95.9 cm³/mol. The van der Waals surface area contributed by atoms with Crippen molar-refractivity contribution in [2.24, 2.45) is 0 Å². The lowest BCUT2D eigenvalue weighted by atomic mass is 10.0. The van der Waals surface area contributed by atoms with E-state index >= 15 is 0 Å². The molecule has 2 amide bonds. The number of alkyl carbamates (subject to hydrolysis) is 1. The van der Waals surface area contributed by atoms with Gasteiger partial charge in [-0.15, -0.1) is 0 Å². The van der Waals surface area contributed by atoms with Crippen molar-refractivity contribution in [3.05, 3.63) is 28.8 Å². The van der Waals surface area contributed by atoms with E-state index in [-0.39, 0.29) is 12.5 Å². The summed E-state index contributed by atoms with van der Waals surface area (Å²) in [7, 11) is 0. The van der Waals surface area contributed by atoms with Gasteiger partial charge in [-0.2, -0.15) is 0 Å². The van der Waals surface area contributed by atoms with Gasteiger partial charge in [-0.3, -0.25) is 4.79 Å². The second-order valence-corrected chi connectivity index (χ2v) is 6.84. The summed E-state index contributed by atoms with van der Waals surface area (Å²) in [4.78, 5) is 24.0. The second-order valence-electron chi connectivity index (χ2n) is 6.84. The van der Waals surface area contributed by atoms with Gasteiger partial charge in [-0.1, -0.05) is 19.4 Å². The number of ether oxygens (including phenoxy) is 1. The Kier molecular flexibility index (Phi) is 7.07. The molecule has 0 bridgehead atoms. The molecule has 0 aromatic heterocycles. The standard InChI is InChI=1S/C18H29N3O3/c1-6-7-8-20-16(22)14-10-13(9-12(2)15(14)19)11-21-17(23)24-18(3,4)5/h9-10H,6-8,11,19H2,1-5H3,(H,20,22)(H,21,23). The third-order valence-electron chi connectivity index (χ3n) is 3.34. The van der Waals surface area contributed by atoms with Crippen LogP contribution in [0.1, 0.15) is 62.0 Å². The van der Waals surface area contributed by atoms with Gasteiger partial charge in [0.25, 0.3) is 5.91 Å². The van der Waals surface area contributed by atoms with Crippen molar-refractivity contribution >= 4 is 17.7 Å². The summed E-state index contributed by atoms with van der Waals surface area (Å²) in [6, 6.07) is 3.57. The van der Waals surface area contributed by atoms with E-state index in [1.54, 1.807) is 26.8 Å². The Bertz CT molecular complexity index is 592. The average Bonchev–Trinajstić information content (AvgIpc) is 2.46. The van der Waals surface area contributed by atoms with Crippen molar-refractivity contribution in [2.45, 2.75) is 59.6 Å². The maximum Gasteiger partial charge on any atom is 0.407 e. The van der Waals surface area contributed by atoms with Crippen LogP contribution in [0.15, 0.2) is 12.1 Å². The average molecular weight is 335 g/mol. The highest BCUT2D eigenvalue weighted by Gasteiger charge is 2.17. The van der Waals surface area contributed by atoms with Crippen LogP contribution in [0, 0.1) is 6.92 Å². The number of carbonyl (C=O) groups excluding carboxylic acids is 2. The van der Waals surface area contributed by atoms with E-state index in [9.17, 15) is 9.59 Å². The summed E-state index contributed by atoms with van der Waals surface area (Å²) in [5.41, 5.74) is 7.98. The van der Waals surface area contributed by atoms with Crippen LogP contribution in [-0.2, 0) is 11.3 Å². The van der Waals surface area contributed by atoms with Crippen molar-refractivity contribution in [1.29, 1.82) is 0 Å². The van der Waals surface area contributed by atoms with Crippen molar-refractivity contribution in [2.75, 3.05) is 12.3 Å². The predicted octanol–water partition coefficient (Wildman–Crippen LogP) is 3.13. The van der Waals surface area contributed by atoms with E-state index < -0.39 is 11.7 Å². The van der Waals surface area contributed by atoms with E-state index in [1.807, 2.05) is 13.0 Å². The molecule has 0 heterocycles. The maximum absolute atomic E-state index is 12.3. The quantitative estimate of drug-likeness (QED) is 0.550. The van der Waals surface area contributed by atoms with Gasteiger partial charge in [-0.25, -0.2) is 4.79 Å². The van der Waals surface area contributed by atoms with E-state index in [2.05, 4.69) is 17.6 Å². The van der Waals surface area contributed by atoms with Crippen LogP contribution in [0.3, 0.4) is 0 Å². The lowest BCUT2D eigenvalue weighted by Crippen LogP contribution is -2.32. The zero-order valence-corrected chi connectivity index (χ0v) is 15.3. The highest BCUT2D eigenvalue weighted by molar-refractivity contribution is 6.00. The number of anilines is 1. The molecule has 0 aliphatic rings. The number of hydrogen-bond acceptors (Lipinski definition) is 4. The third kappa shape index (κ3) is 6.48. The van der Waals surface area contributed by atoms with Crippen LogP contribution in [0.25, 0.3) is 0 Å². The SMILES string of the molecule is CCCCNC(=O)c1cc(CNC(=O)OC(C)(C)C)cc(C)c1N. The summed E-state index contributed by atoms with van der Waals surface area (Å²) in [6.07, 6.45) is 1.44. The smallest absolute Gasteiger partial charge is 0.407 e. The fraction of sp³-hybridized carbons (Fsp3) is 0.556. The zero-order valence-electron chi connectivity index (χ0n) is 15.3. The molecule has 0 fully saturated rings. The van der Waals surface area contributed by atoms with Crippen LogP contribution in [0.4, 0.5) is 10.5 Å². The number of rotatable bonds is 6. The molecule has 0 saturated carbocycles. The molecule has 4 N–H and O–H groups in total. The maximum atomic E-state index is 12.3. The number of nitrogens with one attached hydrogen (secondary N) is 2. The van der Waals surface area contributed by atoms with Gasteiger partial charge in [0.1, 0.15) is 5.60 Å². The molecule has 0 atom stereocenters. The van der Waals surface area contributed by atoms with Crippen LogP contribution in [-0.4, -0.2) is 24.1 Å². The first-order chi connectivity index (χ1) is 11.1. The minimum absolute atomic E-state index is 0.192. The summed E-state index contributed by atoms with van der Waals surface area (Å²) in [5.74, 6) is -0.192. The molecule has 0 saturated heterocycles. The summed E-state index contributed by atoms with van der Waals surface area (Å²) in [5, 5.41) is 5.55. The number of carbonyl (C=O) groups is 2. The molecule has 134 valence electrons. The molecule has 0 radical (unpaired) electrons. The Morgan fingerprint density at radius 2 is 1.88 bits per heavy atom. The Morgan fingerprint density at radius 1 is 1.21 bits per heavy atom. The van der Waals surface area contributed by atoms with Gasteiger partial charge < -0.3 is 21.1 Å².